The Kier molecular flexibility index (Phi) is 4.48. The molecule has 2 aromatic carbocycles. The highest BCUT2D eigenvalue weighted by Crippen LogP contribution is 2.30. The second-order valence-electron chi connectivity index (χ2n) is 7.21. The van der Waals surface area contributed by atoms with Crippen LogP contribution in [0.25, 0.3) is 0 Å². The third-order valence-electron chi connectivity index (χ3n) is 5.14. The first kappa shape index (κ1) is 17.3. The molecule has 1 saturated heterocycles. The molecule has 7 nitrogen and oxygen atoms in total. The van der Waals surface area contributed by atoms with Gasteiger partial charge < -0.3 is 10.2 Å². The Labute approximate surface area is 192 Å². The largest absolute Gasteiger partial charge is 0.349 e. The summed E-state index contributed by atoms with van der Waals surface area (Å²) in [5.74, 6) is -8.57. The highest BCUT2D eigenvalue weighted by molar-refractivity contribution is 6.30. The van der Waals surface area contributed by atoms with Crippen LogP contribution >= 0.6 is 11.6 Å². The number of carbonyl (C=O) groups is 4. The van der Waals surface area contributed by atoms with Crippen LogP contribution in [0.3, 0.4) is 0 Å². The SMILES string of the molecule is [2H]C(c1ccc2c(c1)CN(C1CC([2H])([2H])C(=O)NC1=O)C2=O)N([2H])C(=O)C(F)(F)c1ccc(Cl)cc1. The molecule has 32 heavy (non-hydrogen) atoms. The molecule has 2 aromatic rings. The standard InChI is InChI=1S/C22H18ClF2N3O4/c23-15-4-2-14(3-5-15)22(24,25)21(32)26-10-12-1-6-16-13(9-12)11-28(20(16)31)17-7-8-18(29)27-19(17)30/h1-6,9,17H,7-8,10-11H2,(H,26,32)(H,27,29,30)/i8D2,10D/hD. The summed E-state index contributed by atoms with van der Waals surface area (Å²) in [6.07, 6.45) is -2.91. The molecule has 0 aliphatic carbocycles. The Balaban J connectivity index is 1.54. The van der Waals surface area contributed by atoms with Crippen molar-refractivity contribution >= 4 is 35.2 Å². The van der Waals surface area contributed by atoms with Gasteiger partial charge in [0.2, 0.25) is 11.8 Å². The summed E-state index contributed by atoms with van der Waals surface area (Å²) in [6.45, 7) is -2.04. The predicted molar refractivity (Wildman–Crippen MR) is 110 cm³/mol. The zero-order valence-corrected chi connectivity index (χ0v) is 17.0. The number of amides is 4. The van der Waals surface area contributed by atoms with E-state index in [2.05, 4.69) is 0 Å². The van der Waals surface area contributed by atoms with Gasteiger partial charge in [-0.05, 0) is 35.7 Å². The third-order valence-corrected chi connectivity index (χ3v) is 5.39. The lowest BCUT2D eigenvalue weighted by atomic mass is 10.0. The maximum Gasteiger partial charge on any atom is 0.349 e. The Hall–Kier alpha value is -3.33. The number of rotatable bonds is 5. The van der Waals surface area contributed by atoms with E-state index in [1.54, 1.807) is 0 Å². The number of alkyl halides is 2. The van der Waals surface area contributed by atoms with Gasteiger partial charge in [0.15, 0.2) is 1.41 Å². The van der Waals surface area contributed by atoms with Crippen molar-refractivity contribution in [3.05, 3.63) is 69.7 Å². The van der Waals surface area contributed by atoms with E-state index in [0.29, 0.717) is 5.56 Å². The first-order valence-electron chi connectivity index (χ1n) is 11.4. The fourth-order valence-electron chi connectivity index (χ4n) is 3.47. The number of piperidine rings is 1. The minimum Gasteiger partial charge on any atom is -0.346 e. The lowest BCUT2D eigenvalue weighted by molar-refractivity contribution is -0.147. The molecule has 0 aromatic heterocycles. The minimum absolute atomic E-state index is 0.0303. The number of benzene rings is 2. The Morgan fingerprint density at radius 2 is 2.00 bits per heavy atom. The van der Waals surface area contributed by atoms with Crippen molar-refractivity contribution < 1.29 is 33.5 Å². The molecule has 2 aliphatic rings. The molecule has 0 spiro atoms. The fraction of sp³-hybridized carbons (Fsp3) is 0.273. The monoisotopic (exact) mass is 465 g/mol. The van der Waals surface area contributed by atoms with E-state index >= 15 is 0 Å². The summed E-state index contributed by atoms with van der Waals surface area (Å²) in [5.41, 5.74) is -0.297. The van der Waals surface area contributed by atoms with Crippen molar-refractivity contribution in [3.63, 3.8) is 0 Å². The normalized spacial score (nSPS) is 22.8. The Morgan fingerprint density at radius 1 is 1.28 bits per heavy atom. The van der Waals surface area contributed by atoms with Gasteiger partial charge in [-0.15, -0.1) is 0 Å². The van der Waals surface area contributed by atoms with Crippen LogP contribution in [0.15, 0.2) is 42.5 Å². The average Bonchev–Trinajstić information content (AvgIpc) is 3.15. The van der Waals surface area contributed by atoms with Crippen molar-refractivity contribution in [3.8, 4) is 0 Å². The Bertz CT molecular complexity index is 1280. The number of halogens is 3. The molecular weight excluding hydrogens is 444 g/mol. The number of hydrogen-bond donors (Lipinski definition) is 2. The number of fused-ring (bicyclic) bond motifs is 1. The van der Waals surface area contributed by atoms with Crippen LogP contribution in [-0.4, -0.2) is 34.6 Å². The summed E-state index contributed by atoms with van der Waals surface area (Å²) >= 11 is 5.69. The first-order valence-corrected chi connectivity index (χ1v) is 9.79. The second-order valence-corrected chi connectivity index (χ2v) is 7.65. The lowest BCUT2D eigenvalue weighted by Gasteiger charge is -2.29. The molecule has 2 aliphatic heterocycles. The zero-order valence-electron chi connectivity index (χ0n) is 20.3. The van der Waals surface area contributed by atoms with E-state index in [-0.39, 0.29) is 28.0 Å². The second kappa shape index (κ2) is 8.31. The molecular formula is C22H18ClF2N3O4. The molecule has 4 rings (SSSR count). The predicted octanol–water partition coefficient (Wildman–Crippen LogP) is 2.51. The van der Waals surface area contributed by atoms with Crippen LogP contribution < -0.4 is 10.6 Å². The van der Waals surface area contributed by atoms with E-state index in [4.69, 9.17) is 17.1 Å². The van der Waals surface area contributed by atoms with Crippen molar-refractivity contribution in [1.29, 1.82) is 0 Å². The van der Waals surface area contributed by atoms with Gasteiger partial charge in [0.25, 0.3) is 11.8 Å². The maximum absolute atomic E-state index is 14.7. The van der Waals surface area contributed by atoms with Gasteiger partial charge >= 0.3 is 5.92 Å². The van der Waals surface area contributed by atoms with Crippen LogP contribution in [0, 0.1) is 0 Å². The Morgan fingerprint density at radius 3 is 2.72 bits per heavy atom. The highest BCUT2D eigenvalue weighted by Gasteiger charge is 2.41. The van der Waals surface area contributed by atoms with E-state index in [0.717, 1.165) is 17.0 Å². The molecule has 10 heteroatoms. The van der Waals surface area contributed by atoms with Crippen LogP contribution in [0.2, 0.25) is 6.43 Å². The van der Waals surface area contributed by atoms with E-state index < -0.39 is 60.5 Å². The fourth-order valence-corrected chi connectivity index (χ4v) is 3.59. The highest BCUT2D eigenvalue weighted by atomic mass is 35.5. The van der Waals surface area contributed by atoms with Gasteiger partial charge in [0, 0.05) is 38.3 Å². The van der Waals surface area contributed by atoms with Gasteiger partial charge in [-0.3, -0.25) is 24.5 Å². The zero-order chi connectivity index (χ0) is 26.6. The average molecular weight is 466 g/mol. The molecule has 0 bridgehead atoms. The number of hydrogen-bond acceptors (Lipinski definition) is 4. The smallest absolute Gasteiger partial charge is 0.346 e. The molecule has 2 atom stereocenters. The van der Waals surface area contributed by atoms with E-state index in [1.807, 2.05) is 5.32 Å². The summed E-state index contributed by atoms with van der Waals surface area (Å²) in [4.78, 5) is 50.3. The molecule has 2 unspecified atom stereocenters. The van der Waals surface area contributed by atoms with Crippen LogP contribution in [-0.2, 0) is 33.4 Å². The quantitative estimate of drug-likeness (QED) is 0.663. The minimum atomic E-state index is -4.10. The number of carbonyl (C=O) groups excluding carboxylic acids is 4. The number of nitrogens with one attached hydrogen (secondary N) is 2. The van der Waals surface area contributed by atoms with Gasteiger partial charge in [-0.2, -0.15) is 8.78 Å². The number of nitrogens with zero attached hydrogens (tertiary/aromatic N) is 1. The summed E-state index contributed by atoms with van der Waals surface area (Å²) in [6, 6.07) is 6.77. The summed E-state index contributed by atoms with van der Waals surface area (Å²) in [5, 5.41) is 1.92. The van der Waals surface area contributed by atoms with Crippen molar-refractivity contribution in [2.24, 2.45) is 0 Å². The molecule has 166 valence electrons. The van der Waals surface area contributed by atoms with Gasteiger partial charge in [-0.25, -0.2) is 0 Å². The molecule has 0 saturated carbocycles. The molecule has 4 amide bonds. The van der Waals surface area contributed by atoms with Crippen molar-refractivity contribution in [2.45, 2.75) is 37.8 Å². The van der Waals surface area contributed by atoms with Crippen LogP contribution in [0.5, 0.6) is 0 Å². The topological polar surface area (TPSA) is 95.6 Å². The van der Waals surface area contributed by atoms with Crippen LogP contribution in [0.4, 0.5) is 8.78 Å². The third kappa shape index (κ3) is 4.08. The van der Waals surface area contributed by atoms with Crippen molar-refractivity contribution in [2.75, 3.05) is 0 Å². The molecule has 0 radical (unpaired) electrons. The molecule has 2 heterocycles. The maximum atomic E-state index is 14.7. The van der Waals surface area contributed by atoms with Gasteiger partial charge in [0.05, 0.1) is 1.37 Å². The van der Waals surface area contributed by atoms with E-state index in [1.165, 1.54) is 30.3 Å². The molecule has 1 fully saturated rings. The summed E-state index contributed by atoms with van der Waals surface area (Å²) in [7, 11) is 0. The first-order chi connectivity index (χ1) is 16.7. The molecule has 2 N–H and O–H groups in total. The van der Waals surface area contributed by atoms with Gasteiger partial charge in [-0.1, -0.05) is 35.9 Å². The lowest BCUT2D eigenvalue weighted by Crippen LogP contribution is -2.52. The van der Waals surface area contributed by atoms with Gasteiger partial charge in [0.1, 0.15) is 6.04 Å². The van der Waals surface area contributed by atoms with Crippen molar-refractivity contribution in [1.82, 2.24) is 15.5 Å². The van der Waals surface area contributed by atoms with Crippen LogP contribution in [0.1, 0.15) is 44.0 Å². The van der Waals surface area contributed by atoms with E-state index in [9.17, 15) is 28.0 Å². The summed E-state index contributed by atoms with van der Waals surface area (Å²) < 4.78 is 61.0. The number of imide groups is 1.